The lowest BCUT2D eigenvalue weighted by Gasteiger charge is -2.15. The summed E-state index contributed by atoms with van der Waals surface area (Å²) in [4.78, 5) is 21.8. The SMILES string of the molecule is O=C(O)[C@@H]1CN(Cc2cnc(CC3CCCC3)[nH]2)C[C@H]1c1ccc(F)cc1. The number of hydrogen-bond acceptors (Lipinski definition) is 3. The molecule has 2 aromatic rings. The van der Waals surface area contributed by atoms with Gasteiger partial charge in [-0.15, -0.1) is 0 Å². The minimum atomic E-state index is -0.793. The number of imidazole rings is 1. The molecule has 1 aromatic heterocycles. The number of aromatic amines is 1. The van der Waals surface area contributed by atoms with E-state index < -0.39 is 11.9 Å². The molecule has 27 heavy (non-hydrogen) atoms. The average molecular weight is 371 g/mol. The number of H-pyrrole nitrogens is 1. The molecule has 4 rings (SSSR count). The summed E-state index contributed by atoms with van der Waals surface area (Å²) in [7, 11) is 0. The fourth-order valence-corrected chi connectivity index (χ4v) is 4.63. The van der Waals surface area contributed by atoms with Crippen molar-refractivity contribution >= 4 is 5.97 Å². The number of halogens is 1. The number of nitrogens with zero attached hydrogens (tertiary/aromatic N) is 2. The normalized spacial score (nSPS) is 23.9. The van der Waals surface area contributed by atoms with E-state index in [1.807, 2.05) is 6.20 Å². The summed E-state index contributed by atoms with van der Waals surface area (Å²) < 4.78 is 13.2. The molecule has 0 amide bonds. The third-order valence-electron chi connectivity index (χ3n) is 6.04. The molecule has 6 heteroatoms. The van der Waals surface area contributed by atoms with Crippen LogP contribution in [0.1, 0.15) is 48.7 Å². The van der Waals surface area contributed by atoms with E-state index in [4.69, 9.17) is 0 Å². The third-order valence-corrected chi connectivity index (χ3v) is 6.04. The minimum Gasteiger partial charge on any atom is -0.481 e. The maximum Gasteiger partial charge on any atom is 0.308 e. The molecule has 5 nitrogen and oxygen atoms in total. The van der Waals surface area contributed by atoms with Gasteiger partial charge in [0.15, 0.2) is 0 Å². The zero-order valence-corrected chi connectivity index (χ0v) is 15.4. The molecule has 2 heterocycles. The first-order valence-electron chi connectivity index (χ1n) is 9.82. The maximum atomic E-state index is 13.2. The second-order valence-electron chi connectivity index (χ2n) is 8.01. The molecule has 1 saturated heterocycles. The molecule has 1 aromatic carbocycles. The Labute approximate surface area is 158 Å². The summed E-state index contributed by atoms with van der Waals surface area (Å²) in [6.07, 6.45) is 8.13. The van der Waals surface area contributed by atoms with Crippen molar-refractivity contribution in [1.29, 1.82) is 0 Å². The number of rotatable bonds is 6. The molecule has 2 N–H and O–H groups in total. The van der Waals surface area contributed by atoms with E-state index in [-0.39, 0.29) is 11.7 Å². The van der Waals surface area contributed by atoms with Crippen molar-refractivity contribution in [3.05, 3.63) is 53.4 Å². The first-order valence-corrected chi connectivity index (χ1v) is 9.82. The van der Waals surface area contributed by atoms with Crippen LogP contribution in [0, 0.1) is 17.7 Å². The Balaban J connectivity index is 1.41. The van der Waals surface area contributed by atoms with Crippen LogP contribution in [-0.2, 0) is 17.8 Å². The van der Waals surface area contributed by atoms with E-state index in [1.54, 1.807) is 12.1 Å². The standard InChI is InChI=1S/C21H26FN3O2/c22-16-7-5-15(6-8-16)18-12-25(13-19(18)21(26)27)11-17-10-23-20(24-17)9-14-3-1-2-4-14/h5-8,10,14,18-19H,1-4,9,11-13H2,(H,23,24)(H,26,27)/t18-,19+/m0/s1. The van der Waals surface area contributed by atoms with Crippen LogP contribution in [0.15, 0.2) is 30.5 Å². The predicted octanol–water partition coefficient (Wildman–Crippen LogP) is 3.58. The number of carbonyl (C=O) groups is 1. The van der Waals surface area contributed by atoms with Crippen molar-refractivity contribution in [2.75, 3.05) is 13.1 Å². The van der Waals surface area contributed by atoms with Gasteiger partial charge in [0, 0.05) is 43.9 Å². The molecule has 0 bridgehead atoms. The fraction of sp³-hybridized carbons (Fsp3) is 0.524. The Bertz CT molecular complexity index is 783. The first-order chi connectivity index (χ1) is 13.1. The largest absolute Gasteiger partial charge is 0.481 e. The Hall–Kier alpha value is -2.21. The number of aliphatic carboxylic acids is 1. The third kappa shape index (κ3) is 4.21. The highest BCUT2D eigenvalue weighted by Gasteiger charge is 2.38. The van der Waals surface area contributed by atoms with Crippen molar-refractivity contribution in [3.63, 3.8) is 0 Å². The van der Waals surface area contributed by atoms with Gasteiger partial charge in [-0.05, 0) is 23.6 Å². The summed E-state index contributed by atoms with van der Waals surface area (Å²) in [6.45, 7) is 1.81. The van der Waals surface area contributed by atoms with E-state index in [0.29, 0.717) is 19.6 Å². The molecule has 1 aliphatic carbocycles. The van der Waals surface area contributed by atoms with Crippen molar-refractivity contribution < 1.29 is 14.3 Å². The number of nitrogens with one attached hydrogen (secondary N) is 1. The Morgan fingerprint density at radius 1 is 1.22 bits per heavy atom. The predicted molar refractivity (Wildman–Crippen MR) is 99.8 cm³/mol. The van der Waals surface area contributed by atoms with Gasteiger partial charge in [0.25, 0.3) is 0 Å². The molecule has 2 atom stereocenters. The van der Waals surface area contributed by atoms with Gasteiger partial charge in [-0.25, -0.2) is 9.37 Å². The number of aromatic nitrogens is 2. The van der Waals surface area contributed by atoms with Gasteiger partial charge in [-0.2, -0.15) is 0 Å². The Morgan fingerprint density at radius 2 is 1.96 bits per heavy atom. The van der Waals surface area contributed by atoms with Crippen molar-refractivity contribution in [3.8, 4) is 0 Å². The molecule has 0 radical (unpaired) electrons. The van der Waals surface area contributed by atoms with Gasteiger partial charge in [0.05, 0.1) is 5.92 Å². The zero-order chi connectivity index (χ0) is 18.8. The highest BCUT2D eigenvalue weighted by Crippen LogP contribution is 2.34. The van der Waals surface area contributed by atoms with Gasteiger partial charge in [-0.3, -0.25) is 9.69 Å². The second kappa shape index (κ2) is 7.80. The molecule has 1 saturated carbocycles. The van der Waals surface area contributed by atoms with Gasteiger partial charge in [0.2, 0.25) is 0 Å². The smallest absolute Gasteiger partial charge is 0.308 e. The average Bonchev–Trinajstić information content (AvgIpc) is 3.38. The molecule has 2 fully saturated rings. The lowest BCUT2D eigenvalue weighted by atomic mass is 9.89. The van der Waals surface area contributed by atoms with Gasteiger partial charge >= 0.3 is 5.97 Å². The summed E-state index contributed by atoms with van der Waals surface area (Å²) in [5.74, 6) is 0.0995. The van der Waals surface area contributed by atoms with E-state index in [2.05, 4.69) is 14.9 Å². The van der Waals surface area contributed by atoms with Crippen molar-refractivity contribution in [1.82, 2.24) is 14.9 Å². The van der Waals surface area contributed by atoms with Crippen LogP contribution in [0.4, 0.5) is 4.39 Å². The molecule has 1 aliphatic heterocycles. The number of carboxylic acid groups (broad SMARTS) is 1. The van der Waals surface area contributed by atoms with E-state index in [0.717, 1.165) is 29.4 Å². The number of carboxylic acids is 1. The molecular weight excluding hydrogens is 345 g/mol. The maximum absolute atomic E-state index is 13.2. The van der Waals surface area contributed by atoms with E-state index >= 15 is 0 Å². The van der Waals surface area contributed by atoms with Gasteiger partial charge in [0.1, 0.15) is 11.6 Å². The highest BCUT2D eigenvalue weighted by atomic mass is 19.1. The van der Waals surface area contributed by atoms with Crippen LogP contribution in [-0.4, -0.2) is 39.0 Å². The number of benzene rings is 1. The summed E-state index contributed by atoms with van der Waals surface area (Å²) >= 11 is 0. The molecule has 0 spiro atoms. The quantitative estimate of drug-likeness (QED) is 0.814. The molecule has 0 unspecified atom stereocenters. The summed E-state index contributed by atoms with van der Waals surface area (Å²) in [5.41, 5.74) is 1.92. The summed E-state index contributed by atoms with van der Waals surface area (Å²) in [5, 5.41) is 9.63. The zero-order valence-electron chi connectivity index (χ0n) is 15.4. The topological polar surface area (TPSA) is 69.2 Å². The number of likely N-dealkylation sites (tertiary alicyclic amines) is 1. The van der Waals surface area contributed by atoms with Crippen LogP contribution in [0.2, 0.25) is 0 Å². The van der Waals surface area contributed by atoms with Crippen molar-refractivity contribution in [2.45, 2.75) is 44.6 Å². The van der Waals surface area contributed by atoms with Crippen LogP contribution in [0.25, 0.3) is 0 Å². The van der Waals surface area contributed by atoms with Crippen LogP contribution in [0.5, 0.6) is 0 Å². The Morgan fingerprint density at radius 3 is 2.67 bits per heavy atom. The van der Waals surface area contributed by atoms with Gasteiger partial charge < -0.3 is 10.1 Å². The minimum absolute atomic E-state index is 0.121. The lowest BCUT2D eigenvalue weighted by molar-refractivity contribution is -0.141. The Kier molecular flexibility index (Phi) is 5.25. The van der Waals surface area contributed by atoms with Crippen LogP contribution >= 0.6 is 0 Å². The first kappa shape index (κ1) is 18.2. The molecular formula is C21H26FN3O2. The molecule has 144 valence electrons. The van der Waals surface area contributed by atoms with Crippen LogP contribution < -0.4 is 0 Å². The van der Waals surface area contributed by atoms with Gasteiger partial charge in [-0.1, -0.05) is 37.8 Å². The summed E-state index contributed by atoms with van der Waals surface area (Å²) in [6, 6.07) is 6.22. The lowest BCUT2D eigenvalue weighted by Crippen LogP contribution is -2.23. The van der Waals surface area contributed by atoms with E-state index in [1.165, 1.54) is 37.8 Å². The second-order valence-corrected chi connectivity index (χ2v) is 8.01. The number of hydrogen-bond donors (Lipinski definition) is 2. The fourth-order valence-electron chi connectivity index (χ4n) is 4.63. The van der Waals surface area contributed by atoms with E-state index in [9.17, 15) is 14.3 Å². The molecule has 2 aliphatic rings. The van der Waals surface area contributed by atoms with Crippen LogP contribution in [0.3, 0.4) is 0 Å². The highest BCUT2D eigenvalue weighted by molar-refractivity contribution is 5.72. The van der Waals surface area contributed by atoms with Crippen molar-refractivity contribution in [2.24, 2.45) is 11.8 Å². The monoisotopic (exact) mass is 371 g/mol.